The highest BCUT2D eigenvalue weighted by Crippen LogP contribution is 2.62. The molecule has 0 saturated heterocycles. The van der Waals surface area contributed by atoms with Crippen LogP contribution >= 0.6 is 0 Å². The molecule has 0 atom stereocenters. The minimum atomic E-state index is 0.207. The molecule has 0 spiro atoms. The van der Waals surface area contributed by atoms with Crippen molar-refractivity contribution in [2.24, 2.45) is 22.7 Å². The summed E-state index contributed by atoms with van der Waals surface area (Å²) in [5.41, 5.74) is 4.75. The zero-order valence-electron chi connectivity index (χ0n) is 18.9. The van der Waals surface area contributed by atoms with Crippen LogP contribution in [0, 0.1) is 31.6 Å². The summed E-state index contributed by atoms with van der Waals surface area (Å²) in [5, 5.41) is 14.6. The molecule has 4 aliphatic rings. The van der Waals surface area contributed by atoms with Crippen molar-refractivity contribution in [2.75, 3.05) is 18.4 Å². The summed E-state index contributed by atoms with van der Waals surface area (Å²) in [4.78, 5) is 8.97. The largest absolute Gasteiger partial charge is 0.507 e. The van der Waals surface area contributed by atoms with Crippen LogP contribution < -0.4 is 5.32 Å². The molecule has 31 heavy (non-hydrogen) atoms. The van der Waals surface area contributed by atoms with Gasteiger partial charge in [0.1, 0.15) is 11.6 Å². The number of pyridine rings is 1. The Balaban J connectivity index is 1.25. The van der Waals surface area contributed by atoms with Gasteiger partial charge in [-0.25, -0.2) is 4.98 Å². The van der Waals surface area contributed by atoms with Crippen LogP contribution in [0.5, 0.6) is 5.75 Å². The monoisotopic (exact) mass is 417 g/mol. The van der Waals surface area contributed by atoms with Crippen molar-refractivity contribution in [3.8, 4) is 5.75 Å². The van der Waals surface area contributed by atoms with Gasteiger partial charge in [-0.1, -0.05) is 6.07 Å². The van der Waals surface area contributed by atoms with E-state index in [0.29, 0.717) is 5.75 Å². The maximum Gasteiger partial charge on any atom is 0.128 e. The minimum absolute atomic E-state index is 0.207. The van der Waals surface area contributed by atoms with Crippen LogP contribution in [0.1, 0.15) is 67.2 Å². The molecule has 0 unspecified atom stereocenters. The number of hydrogen-bond donors (Lipinski definition) is 2. The van der Waals surface area contributed by atoms with Gasteiger partial charge in [0.15, 0.2) is 0 Å². The summed E-state index contributed by atoms with van der Waals surface area (Å²) in [6, 6.07) is 8.40. The molecule has 4 nitrogen and oxygen atoms in total. The molecule has 1 aromatic heterocycles. The van der Waals surface area contributed by atoms with Gasteiger partial charge in [0.2, 0.25) is 0 Å². The number of nitrogens with zero attached hydrogens (tertiary/aromatic N) is 2. The highest BCUT2D eigenvalue weighted by Gasteiger charge is 2.52. The molecule has 4 fully saturated rings. The number of nitrogens with one attached hydrogen (secondary N) is 1. The first kappa shape index (κ1) is 20.5. The predicted molar refractivity (Wildman–Crippen MR) is 127 cm³/mol. The number of phenolic OH excluding ortho intramolecular Hbond substituents is 1. The van der Waals surface area contributed by atoms with E-state index in [2.05, 4.69) is 47.3 Å². The van der Waals surface area contributed by atoms with E-state index in [9.17, 15) is 5.11 Å². The Hall–Kier alpha value is -2.36. The third-order valence-corrected chi connectivity index (χ3v) is 7.81. The van der Waals surface area contributed by atoms with Gasteiger partial charge in [-0.2, -0.15) is 0 Å². The van der Waals surface area contributed by atoms with E-state index >= 15 is 0 Å². The van der Waals surface area contributed by atoms with E-state index in [-0.39, 0.29) is 5.41 Å². The summed E-state index contributed by atoms with van der Waals surface area (Å²) in [7, 11) is 0. The quantitative estimate of drug-likeness (QED) is 0.443. The molecular weight excluding hydrogens is 382 g/mol. The van der Waals surface area contributed by atoms with E-state index in [1.807, 2.05) is 18.5 Å². The Morgan fingerprint density at radius 1 is 1.06 bits per heavy atom. The molecule has 4 aliphatic carbocycles. The lowest BCUT2D eigenvalue weighted by molar-refractivity contribution is -0.00616. The maximum atomic E-state index is 11.2. The second-order valence-electron chi connectivity index (χ2n) is 10.5. The number of aliphatic imine (C=N–C) groups is 1. The smallest absolute Gasteiger partial charge is 0.128 e. The molecule has 1 aromatic carbocycles. The number of anilines is 1. The number of aromatic hydroxyl groups is 1. The van der Waals surface area contributed by atoms with Gasteiger partial charge >= 0.3 is 0 Å². The molecule has 0 radical (unpaired) electrons. The fraction of sp³-hybridized carbons (Fsp3) is 0.556. The van der Waals surface area contributed by atoms with Crippen LogP contribution in [0.25, 0.3) is 0 Å². The highest BCUT2D eigenvalue weighted by molar-refractivity contribution is 5.84. The van der Waals surface area contributed by atoms with Crippen molar-refractivity contribution >= 4 is 12.0 Å². The third-order valence-electron chi connectivity index (χ3n) is 7.81. The second-order valence-corrected chi connectivity index (χ2v) is 10.5. The van der Waals surface area contributed by atoms with Crippen molar-refractivity contribution in [1.29, 1.82) is 0 Å². The first-order valence-corrected chi connectivity index (χ1v) is 12.0. The van der Waals surface area contributed by atoms with Crippen LogP contribution in [0.3, 0.4) is 0 Å². The Kier molecular flexibility index (Phi) is 5.49. The maximum absolute atomic E-state index is 11.2. The van der Waals surface area contributed by atoms with Crippen LogP contribution in [0.4, 0.5) is 5.82 Å². The number of phenols is 1. The average molecular weight is 418 g/mol. The van der Waals surface area contributed by atoms with Crippen LogP contribution in [-0.2, 0) is 5.41 Å². The lowest BCUT2D eigenvalue weighted by Crippen LogP contribution is -2.48. The predicted octanol–water partition coefficient (Wildman–Crippen LogP) is 5.79. The van der Waals surface area contributed by atoms with Gasteiger partial charge in [0.25, 0.3) is 0 Å². The van der Waals surface area contributed by atoms with E-state index in [1.54, 1.807) is 0 Å². The van der Waals surface area contributed by atoms with E-state index < -0.39 is 0 Å². The van der Waals surface area contributed by atoms with E-state index in [0.717, 1.165) is 48.6 Å². The topological polar surface area (TPSA) is 57.5 Å². The summed E-state index contributed by atoms with van der Waals surface area (Å²) in [6.45, 7) is 5.80. The molecule has 2 aromatic rings. The van der Waals surface area contributed by atoms with Crippen molar-refractivity contribution in [3.05, 3.63) is 52.7 Å². The Morgan fingerprint density at radius 2 is 1.77 bits per heavy atom. The Labute approximate surface area is 186 Å². The molecule has 0 aliphatic heterocycles. The molecule has 4 heteroatoms. The summed E-state index contributed by atoms with van der Waals surface area (Å²) in [6.07, 6.45) is 12.7. The average Bonchev–Trinajstić information content (AvgIpc) is 2.71. The number of benzene rings is 1. The SMILES string of the molecule is Cc1ccnc(NCCCN=Cc2cc(C)cc(C34CC5CC(CC(C5)C3)C4)c2O)c1. The zero-order chi connectivity index (χ0) is 21.4. The molecule has 2 N–H and O–H groups in total. The van der Waals surface area contributed by atoms with E-state index in [1.165, 1.54) is 55.2 Å². The fourth-order valence-electron chi connectivity index (χ4n) is 6.93. The zero-order valence-corrected chi connectivity index (χ0v) is 18.9. The molecule has 4 saturated carbocycles. The number of rotatable bonds is 7. The van der Waals surface area contributed by atoms with Crippen molar-refractivity contribution in [3.63, 3.8) is 0 Å². The number of hydrogen-bond acceptors (Lipinski definition) is 4. The van der Waals surface area contributed by atoms with Gasteiger partial charge in [0, 0.05) is 36.6 Å². The van der Waals surface area contributed by atoms with Gasteiger partial charge < -0.3 is 10.4 Å². The van der Waals surface area contributed by atoms with E-state index in [4.69, 9.17) is 0 Å². The molecule has 164 valence electrons. The van der Waals surface area contributed by atoms with Gasteiger partial charge in [-0.15, -0.1) is 0 Å². The number of aromatic nitrogens is 1. The second kappa shape index (κ2) is 8.29. The fourth-order valence-corrected chi connectivity index (χ4v) is 6.93. The lowest BCUT2D eigenvalue weighted by Gasteiger charge is -2.57. The van der Waals surface area contributed by atoms with Gasteiger partial charge in [-0.05, 0) is 111 Å². The third kappa shape index (κ3) is 4.22. The standard InChI is InChI=1S/C27H35N3O/c1-18-4-7-30-25(10-18)29-6-3-5-28-17-23-8-19(2)9-24(26(23)31)27-14-20-11-21(15-27)13-22(12-20)16-27/h4,7-10,17,20-22,31H,3,5-6,11-16H2,1-2H3,(H,29,30). The molecule has 6 rings (SSSR count). The molecule has 1 heterocycles. The van der Waals surface area contributed by atoms with Gasteiger partial charge in [0.05, 0.1) is 0 Å². The highest BCUT2D eigenvalue weighted by atomic mass is 16.3. The number of aryl methyl sites for hydroxylation is 2. The Morgan fingerprint density at radius 3 is 2.45 bits per heavy atom. The van der Waals surface area contributed by atoms with Crippen LogP contribution in [0.2, 0.25) is 0 Å². The van der Waals surface area contributed by atoms with Crippen molar-refractivity contribution in [1.82, 2.24) is 4.98 Å². The molecule has 4 bridgehead atoms. The lowest BCUT2D eigenvalue weighted by atomic mass is 9.48. The van der Waals surface area contributed by atoms with Crippen LogP contribution in [-0.4, -0.2) is 29.4 Å². The Bertz CT molecular complexity index is 945. The van der Waals surface area contributed by atoms with Crippen molar-refractivity contribution < 1.29 is 5.11 Å². The first-order valence-electron chi connectivity index (χ1n) is 12.0. The van der Waals surface area contributed by atoms with Gasteiger partial charge in [-0.3, -0.25) is 4.99 Å². The molecular formula is C27H35N3O. The summed E-state index contributed by atoms with van der Waals surface area (Å²) < 4.78 is 0. The molecule has 0 amide bonds. The van der Waals surface area contributed by atoms with Crippen LogP contribution in [0.15, 0.2) is 35.5 Å². The summed E-state index contributed by atoms with van der Waals surface area (Å²) in [5.74, 6) is 4.02. The summed E-state index contributed by atoms with van der Waals surface area (Å²) >= 11 is 0. The van der Waals surface area contributed by atoms with Crippen molar-refractivity contribution in [2.45, 2.75) is 64.2 Å². The first-order chi connectivity index (χ1) is 15.0. The minimum Gasteiger partial charge on any atom is -0.507 e. The normalized spacial score (nSPS) is 29.0.